The van der Waals surface area contributed by atoms with Gasteiger partial charge in [0, 0.05) is 0 Å². The zero-order chi connectivity index (χ0) is 31.7. The summed E-state index contributed by atoms with van der Waals surface area (Å²) in [5, 5.41) is 0. The van der Waals surface area contributed by atoms with Crippen LogP contribution in [0.4, 0.5) is 0 Å². The van der Waals surface area contributed by atoms with Gasteiger partial charge < -0.3 is 0 Å². The summed E-state index contributed by atoms with van der Waals surface area (Å²) in [7, 11) is -3.64. The van der Waals surface area contributed by atoms with Crippen molar-refractivity contribution in [2.75, 3.05) is 6.16 Å². The minimum atomic E-state index is -3.64. The van der Waals surface area contributed by atoms with Gasteiger partial charge in [-0.3, -0.25) is 0 Å². The average Bonchev–Trinajstić information content (AvgIpc) is 2.81. The molecule has 1 aliphatic heterocycles. The fraction of sp³-hybridized carbons (Fsp3) is 0.684. The van der Waals surface area contributed by atoms with Gasteiger partial charge in [0.1, 0.15) is 0 Å². The Morgan fingerprint density at radius 2 is 0.952 bits per heavy atom. The molecule has 0 bridgehead atoms. The molecule has 0 atom stereocenters. The third-order valence-corrected chi connectivity index (χ3v) is 10.7. The maximum absolute atomic E-state index is 12.4. The van der Waals surface area contributed by atoms with E-state index in [2.05, 4.69) is 114 Å². The second-order valence-corrected chi connectivity index (χ2v) is 19.3. The molecule has 0 aromatic heterocycles. The van der Waals surface area contributed by atoms with E-state index < -0.39 is 7.94 Å². The second kappa shape index (κ2) is 12.8. The predicted octanol–water partition coefficient (Wildman–Crippen LogP) is 11.5. The minimum absolute atomic E-state index is 0.00787. The number of hydrogen-bond donors (Lipinski definition) is 1. The molecule has 0 spiro atoms. The van der Waals surface area contributed by atoms with Crippen LogP contribution in [-0.4, -0.2) is 11.1 Å². The second-order valence-electron chi connectivity index (χ2n) is 17.0. The standard InChI is InChI=1S/C38H63O3P/c1-14-15-16-17-18-19-20-21-42(39)40-33-27(23-29(35(2,3)4)25-31(33)37(8,9)10)22-28-24-30(36(5,6)7)26-32(34(28)41-42)38(11,12)13/h23-26,39,42H,14-22H2,1-13H3. The Hall–Kier alpha value is -1.57. The first kappa shape index (κ1) is 34.9. The molecule has 0 saturated heterocycles. The molecule has 0 fully saturated rings. The van der Waals surface area contributed by atoms with Crippen LogP contribution in [0.5, 0.6) is 11.5 Å². The van der Waals surface area contributed by atoms with Crippen molar-refractivity contribution in [2.24, 2.45) is 0 Å². The van der Waals surface area contributed by atoms with Gasteiger partial charge >= 0.3 is 260 Å². The van der Waals surface area contributed by atoms with Crippen LogP contribution in [0.25, 0.3) is 0 Å². The van der Waals surface area contributed by atoms with Crippen LogP contribution in [0, 0.1) is 0 Å². The third kappa shape index (κ3) is 8.75. The molecule has 0 amide bonds. The van der Waals surface area contributed by atoms with E-state index in [-0.39, 0.29) is 21.7 Å². The average molecular weight is 599 g/mol. The Balaban J connectivity index is 2.24. The van der Waals surface area contributed by atoms with Crippen LogP contribution in [0.2, 0.25) is 0 Å². The van der Waals surface area contributed by atoms with Gasteiger partial charge in [0.15, 0.2) is 0 Å². The van der Waals surface area contributed by atoms with Crippen LogP contribution >= 0.6 is 7.94 Å². The van der Waals surface area contributed by atoms with E-state index in [4.69, 9.17) is 9.05 Å². The van der Waals surface area contributed by atoms with Crippen molar-refractivity contribution in [1.82, 2.24) is 0 Å². The van der Waals surface area contributed by atoms with E-state index in [1.165, 1.54) is 43.2 Å². The van der Waals surface area contributed by atoms with Gasteiger partial charge in [0.05, 0.1) is 0 Å². The fourth-order valence-electron chi connectivity index (χ4n) is 5.81. The molecule has 2 aromatic rings. The Labute approximate surface area is 259 Å². The third-order valence-electron chi connectivity index (χ3n) is 8.68. The first-order valence-corrected chi connectivity index (χ1v) is 18.6. The number of benzene rings is 2. The molecular weight excluding hydrogens is 535 g/mol. The number of hydrogen-bond acceptors (Lipinski definition) is 3. The van der Waals surface area contributed by atoms with Gasteiger partial charge in [-0.1, -0.05) is 0 Å². The molecule has 0 aliphatic carbocycles. The van der Waals surface area contributed by atoms with Crippen LogP contribution in [-0.2, 0) is 28.1 Å². The summed E-state index contributed by atoms with van der Waals surface area (Å²) < 4.78 is 13.8. The van der Waals surface area contributed by atoms with Gasteiger partial charge in [-0.15, -0.1) is 0 Å². The first-order chi connectivity index (χ1) is 19.2. The van der Waals surface area contributed by atoms with Crippen molar-refractivity contribution in [3.05, 3.63) is 57.6 Å². The first-order valence-electron chi connectivity index (χ1n) is 16.6. The van der Waals surface area contributed by atoms with E-state index in [0.29, 0.717) is 12.6 Å². The summed E-state index contributed by atoms with van der Waals surface area (Å²) in [4.78, 5) is 12.4. The summed E-state index contributed by atoms with van der Waals surface area (Å²) in [6, 6.07) is 9.30. The molecule has 3 rings (SSSR count). The van der Waals surface area contributed by atoms with Gasteiger partial charge in [-0.2, -0.15) is 0 Å². The Kier molecular flexibility index (Phi) is 10.6. The maximum atomic E-state index is 12.4. The molecule has 1 heterocycles. The Bertz CT molecular complexity index is 1130. The normalized spacial score (nSPS) is 16.4. The Morgan fingerprint density at radius 1 is 0.571 bits per heavy atom. The molecule has 3 nitrogen and oxygen atoms in total. The monoisotopic (exact) mass is 598 g/mol. The zero-order valence-electron chi connectivity index (χ0n) is 29.4. The number of unbranched alkanes of at least 4 members (excludes halogenated alkanes) is 6. The summed E-state index contributed by atoms with van der Waals surface area (Å²) >= 11 is 0. The van der Waals surface area contributed by atoms with E-state index >= 15 is 0 Å². The molecule has 42 heavy (non-hydrogen) atoms. The van der Waals surface area contributed by atoms with E-state index in [1.54, 1.807) is 0 Å². The van der Waals surface area contributed by atoms with Crippen molar-refractivity contribution in [3.8, 4) is 11.5 Å². The number of rotatable bonds is 8. The van der Waals surface area contributed by atoms with Crippen LogP contribution in [0.3, 0.4) is 0 Å². The van der Waals surface area contributed by atoms with E-state index in [0.717, 1.165) is 46.6 Å². The van der Waals surface area contributed by atoms with Crippen molar-refractivity contribution < 1.29 is 13.9 Å². The fourth-order valence-corrected chi connectivity index (χ4v) is 7.88. The predicted molar refractivity (Wildman–Crippen MR) is 185 cm³/mol. The van der Waals surface area contributed by atoms with E-state index in [1.807, 2.05) is 0 Å². The van der Waals surface area contributed by atoms with Crippen molar-refractivity contribution in [1.29, 1.82) is 0 Å². The van der Waals surface area contributed by atoms with E-state index in [9.17, 15) is 4.89 Å². The molecule has 1 N–H and O–H groups in total. The van der Waals surface area contributed by atoms with Gasteiger partial charge in [-0.25, -0.2) is 0 Å². The number of fused-ring (bicyclic) bond motifs is 2. The molecule has 0 unspecified atom stereocenters. The zero-order valence-corrected chi connectivity index (χ0v) is 30.4. The molecule has 2 aromatic carbocycles. The molecule has 1 aliphatic rings. The van der Waals surface area contributed by atoms with Gasteiger partial charge in [-0.05, 0) is 0 Å². The van der Waals surface area contributed by atoms with Gasteiger partial charge in [0.2, 0.25) is 0 Å². The summed E-state index contributed by atoms with van der Waals surface area (Å²) in [5.41, 5.74) is 6.93. The SMILES string of the molecule is CCCCCCCCC[PH]1(O)Oc2c(cc(C(C)(C)C)cc2C(C)(C)C)Cc2cc(C(C)(C)C)cc(C(C)(C)C)c2O1. The molecule has 238 valence electrons. The molecule has 4 heteroatoms. The van der Waals surface area contributed by atoms with Gasteiger partial charge in [0.25, 0.3) is 0 Å². The van der Waals surface area contributed by atoms with Crippen molar-refractivity contribution in [3.63, 3.8) is 0 Å². The summed E-state index contributed by atoms with van der Waals surface area (Å²) in [6.07, 6.45) is 9.59. The van der Waals surface area contributed by atoms with Crippen molar-refractivity contribution >= 4 is 7.94 Å². The van der Waals surface area contributed by atoms with Crippen LogP contribution in [0.1, 0.15) is 168 Å². The summed E-state index contributed by atoms with van der Waals surface area (Å²) in [6.45, 7) is 29.4. The van der Waals surface area contributed by atoms with Crippen molar-refractivity contribution in [2.45, 2.75) is 163 Å². The Morgan fingerprint density at radius 3 is 1.31 bits per heavy atom. The van der Waals surface area contributed by atoms with Crippen LogP contribution in [0.15, 0.2) is 24.3 Å². The molecular formula is C38H63O3P. The topological polar surface area (TPSA) is 38.7 Å². The quantitative estimate of drug-likeness (QED) is 0.243. The van der Waals surface area contributed by atoms with Crippen LogP contribution < -0.4 is 9.05 Å². The summed E-state index contributed by atoms with van der Waals surface area (Å²) in [5.74, 6) is 1.69. The molecule has 0 radical (unpaired) electrons. The molecule has 0 saturated carbocycles.